The minimum absolute atomic E-state index is 0.0241. The summed E-state index contributed by atoms with van der Waals surface area (Å²) >= 11 is 0. The predicted molar refractivity (Wildman–Crippen MR) is 185 cm³/mol. The van der Waals surface area contributed by atoms with Gasteiger partial charge in [-0.15, -0.1) is 0 Å². The number of anilines is 2. The molecule has 7 rings (SSSR count). The van der Waals surface area contributed by atoms with Crippen LogP contribution in [0, 0.1) is 19.3 Å². The summed E-state index contributed by atoms with van der Waals surface area (Å²) in [6.07, 6.45) is 5.05. The molecule has 12 nitrogen and oxygen atoms in total. The van der Waals surface area contributed by atoms with Crippen LogP contribution in [0.4, 0.5) is 11.8 Å². The fourth-order valence-electron chi connectivity index (χ4n) is 6.86. The molecule has 0 radical (unpaired) electrons. The van der Waals surface area contributed by atoms with Crippen molar-refractivity contribution in [1.82, 2.24) is 24.8 Å². The van der Waals surface area contributed by atoms with Gasteiger partial charge in [0.1, 0.15) is 12.4 Å². The number of nitrogens with one attached hydrogen (secondary N) is 1. The van der Waals surface area contributed by atoms with Crippen LogP contribution < -0.4 is 14.4 Å². The van der Waals surface area contributed by atoms with E-state index >= 15 is 0 Å². The van der Waals surface area contributed by atoms with Crippen LogP contribution in [0.2, 0.25) is 0 Å². The Morgan fingerprint density at radius 3 is 2.43 bits per heavy atom. The van der Waals surface area contributed by atoms with Gasteiger partial charge >= 0.3 is 0 Å². The number of ether oxygens (including phenoxy) is 2. The van der Waals surface area contributed by atoms with Crippen LogP contribution in [0.3, 0.4) is 0 Å². The molecule has 3 aliphatic heterocycles. The maximum Gasteiger partial charge on any atom is 0.264 e. The molecule has 1 N–H and O–H groups in total. The Morgan fingerprint density at radius 2 is 1.76 bits per heavy atom. The van der Waals surface area contributed by atoms with Gasteiger partial charge in [-0.3, -0.25) is 9.78 Å². The number of aryl methyl sites for hydroxylation is 2. The Hall–Kier alpha value is -4.62. The van der Waals surface area contributed by atoms with Gasteiger partial charge in [-0.2, -0.15) is 4.98 Å². The van der Waals surface area contributed by atoms with Crippen molar-refractivity contribution in [1.29, 1.82) is 0 Å². The first-order valence-corrected chi connectivity index (χ1v) is 18.0. The van der Waals surface area contributed by atoms with Gasteiger partial charge in [-0.25, -0.2) is 23.1 Å². The maximum absolute atomic E-state index is 14.5. The van der Waals surface area contributed by atoms with Crippen molar-refractivity contribution in [2.24, 2.45) is 5.41 Å². The SMILES string of the molecule is Cc1cccc(C)c1-c1cc2nc(n1)NS(=O)(=O)c1cccc(c1)C(=O)N(Cc1cncc(N3CCC34COC4)n1)[C@H](CC(C)(C)C)CO2. The number of hydrogen-bond acceptors (Lipinski definition) is 10. The van der Waals surface area contributed by atoms with Gasteiger partial charge in [0.2, 0.25) is 11.8 Å². The van der Waals surface area contributed by atoms with Crippen molar-refractivity contribution in [3.05, 3.63) is 83.3 Å². The molecular formula is C36H41N7O5S. The topological polar surface area (TPSA) is 140 Å². The van der Waals surface area contributed by atoms with E-state index in [-0.39, 0.29) is 52.3 Å². The molecule has 13 heteroatoms. The van der Waals surface area contributed by atoms with E-state index in [4.69, 9.17) is 14.5 Å². The summed E-state index contributed by atoms with van der Waals surface area (Å²) in [6, 6.07) is 13.2. The van der Waals surface area contributed by atoms with Gasteiger partial charge < -0.3 is 19.3 Å². The number of hydrogen-bond donors (Lipinski definition) is 1. The van der Waals surface area contributed by atoms with Crippen LogP contribution in [-0.2, 0) is 21.3 Å². The number of fused-ring (bicyclic) bond motifs is 4. The lowest BCUT2D eigenvalue weighted by atomic mass is 9.83. The zero-order valence-corrected chi connectivity index (χ0v) is 29.2. The second-order valence-corrected chi connectivity index (χ2v) is 16.1. The summed E-state index contributed by atoms with van der Waals surface area (Å²) in [4.78, 5) is 37.0. The lowest BCUT2D eigenvalue weighted by Crippen LogP contribution is -2.71. The minimum Gasteiger partial charge on any atom is -0.475 e. The van der Waals surface area contributed by atoms with Gasteiger partial charge in [0.15, 0.2) is 0 Å². The van der Waals surface area contributed by atoms with Crippen LogP contribution in [-0.4, -0.2) is 77.1 Å². The van der Waals surface area contributed by atoms with Crippen molar-refractivity contribution >= 4 is 27.7 Å². The molecule has 5 heterocycles. The highest BCUT2D eigenvalue weighted by molar-refractivity contribution is 7.92. The van der Waals surface area contributed by atoms with Gasteiger partial charge in [0, 0.05) is 23.7 Å². The highest BCUT2D eigenvalue weighted by atomic mass is 32.2. The molecule has 2 saturated heterocycles. The molecule has 2 fully saturated rings. The van der Waals surface area contributed by atoms with Gasteiger partial charge in [-0.05, 0) is 61.4 Å². The summed E-state index contributed by atoms with van der Waals surface area (Å²) in [7, 11) is -4.18. The Kier molecular flexibility index (Phi) is 8.30. The van der Waals surface area contributed by atoms with Crippen LogP contribution in [0.5, 0.6) is 5.88 Å². The molecule has 1 atom stereocenters. The average molecular weight is 684 g/mol. The second kappa shape index (κ2) is 12.4. The number of nitrogens with zero attached hydrogens (tertiary/aromatic N) is 6. The van der Waals surface area contributed by atoms with E-state index in [0.717, 1.165) is 35.5 Å². The number of rotatable bonds is 5. The molecule has 2 aromatic heterocycles. The fraction of sp³-hybridized carbons (Fsp3) is 0.417. The number of carbonyl (C=O) groups is 1. The van der Waals surface area contributed by atoms with Gasteiger partial charge in [0.05, 0.1) is 60.0 Å². The number of sulfonamides is 1. The Balaban J connectivity index is 1.32. The van der Waals surface area contributed by atoms with E-state index in [1.807, 2.05) is 32.0 Å². The first kappa shape index (κ1) is 32.9. The number of amides is 1. The van der Waals surface area contributed by atoms with Crippen LogP contribution in [0.15, 0.2) is 65.8 Å². The van der Waals surface area contributed by atoms with E-state index in [1.165, 1.54) is 12.1 Å². The van der Waals surface area contributed by atoms with Crippen molar-refractivity contribution in [2.75, 3.05) is 36.0 Å². The third kappa shape index (κ3) is 6.56. The summed E-state index contributed by atoms with van der Waals surface area (Å²) in [5, 5.41) is 0. The highest BCUT2D eigenvalue weighted by Crippen LogP contribution is 2.40. The molecule has 3 aliphatic rings. The number of carbonyl (C=O) groups excluding carboxylic acids is 1. The summed E-state index contributed by atoms with van der Waals surface area (Å²) in [5.41, 5.74) is 3.95. The fourth-order valence-corrected chi connectivity index (χ4v) is 7.85. The molecule has 0 unspecified atom stereocenters. The van der Waals surface area contributed by atoms with E-state index in [9.17, 15) is 13.2 Å². The van der Waals surface area contributed by atoms with E-state index in [0.29, 0.717) is 31.0 Å². The molecular weight excluding hydrogens is 643 g/mol. The molecule has 4 aromatic rings. The van der Waals surface area contributed by atoms with E-state index in [2.05, 4.69) is 45.3 Å². The van der Waals surface area contributed by atoms with Gasteiger partial charge in [0.25, 0.3) is 15.9 Å². The molecule has 4 bridgehead atoms. The van der Waals surface area contributed by atoms with Crippen molar-refractivity contribution in [2.45, 2.75) is 70.5 Å². The predicted octanol–water partition coefficient (Wildman–Crippen LogP) is 5.17. The van der Waals surface area contributed by atoms with Crippen molar-refractivity contribution in [3.8, 4) is 17.1 Å². The first-order chi connectivity index (χ1) is 23.3. The molecule has 49 heavy (non-hydrogen) atoms. The third-order valence-electron chi connectivity index (χ3n) is 9.43. The molecule has 1 amide bonds. The van der Waals surface area contributed by atoms with Gasteiger partial charge in [-0.1, -0.05) is 45.0 Å². The molecule has 1 spiro atoms. The first-order valence-electron chi connectivity index (χ1n) is 16.5. The minimum atomic E-state index is -4.18. The summed E-state index contributed by atoms with van der Waals surface area (Å²) in [5.74, 6) is 0.474. The lowest BCUT2D eigenvalue weighted by Gasteiger charge is -2.58. The third-order valence-corrected chi connectivity index (χ3v) is 10.8. The Morgan fingerprint density at radius 1 is 1.00 bits per heavy atom. The van der Waals surface area contributed by atoms with Crippen LogP contribution in [0.25, 0.3) is 11.3 Å². The Bertz CT molecular complexity index is 2000. The average Bonchev–Trinajstić information content (AvgIpc) is 3.00. The van der Waals surface area contributed by atoms with E-state index < -0.39 is 16.1 Å². The van der Waals surface area contributed by atoms with Crippen molar-refractivity contribution < 1.29 is 22.7 Å². The molecule has 0 aliphatic carbocycles. The number of aromatic nitrogens is 4. The smallest absolute Gasteiger partial charge is 0.264 e. The molecule has 0 saturated carbocycles. The molecule has 256 valence electrons. The highest BCUT2D eigenvalue weighted by Gasteiger charge is 2.51. The largest absolute Gasteiger partial charge is 0.475 e. The Labute approximate surface area is 287 Å². The standard InChI is InChI=1S/C36H41N7O5S/c1-23-8-6-9-24(2)32(23)29-15-31-40-34(39-29)41-49(45,46)28-11-7-10-25(14-28)33(44)42(27(20-48-31)16-35(3,4)5)19-26-17-37-18-30(38-26)43-13-12-36(43)21-47-22-36/h6-11,14-15,17-18,27H,12-13,16,19-22H2,1-5H3,(H,39,40,41)/t27-/m1/s1. The normalized spacial score (nSPS) is 19.8. The second-order valence-electron chi connectivity index (χ2n) is 14.5. The summed E-state index contributed by atoms with van der Waals surface area (Å²) in [6.45, 7) is 12.7. The molecule has 2 aromatic carbocycles. The zero-order chi connectivity index (χ0) is 34.6. The quantitative estimate of drug-likeness (QED) is 0.300. The number of benzene rings is 2. The maximum atomic E-state index is 14.5. The lowest BCUT2D eigenvalue weighted by molar-refractivity contribution is -0.0852. The van der Waals surface area contributed by atoms with E-state index in [1.54, 1.807) is 35.5 Å². The summed E-state index contributed by atoms with van der Waals surface area (Å²) < 4.78 is 41.9. The van der Waals surface area contributed by atoms with Crippen LogP contribution >= 0.6 is 0 Å². The van der Waals surface area contributed by atoms with Crippen molar-refractivity contribution in [3.63, 3.8) is 0 Å². The van der Waals surface area contributed by atoms with Crippen LogP contribution in [0.1, 0.15) is 60.8 Å². The monoisotopic (exact) mass is 683 g/mol. The zero-order valence-electron chi connectivity index (χ0n) is 28.4.